The Bertz CT molecular complexity index is 314. The van der Waals surface area contributed by atoms with Gasteiger partial charge in [0.1, 0.15) is 11.6 Å². The van der Waals surface area contributed by atoms with E-state index < -0.39 is 11.5 Å². The summed E-state index contributed by atoms with van der Waals surface area (Å²) in [5, 5.41) is 12.7. The van der Waals surface area contributed by atoms with Crippen molar-refractivity contribution < 1.29 is 19.4 Å². The highest BCUT2D eigenvalue weighted by atomic mass is 16.6. The van der Waals surface area contributed by atoms with Crippen molar-refractivity contribution in [2.24, 2.45) is 0 Å². The number of rotatable bonds is 5. The van der Waals surface area contributed by atoms with Crippen LogP contribution in [0.1, 0.15) is 32.1 Å². The molecule has 1 heterocycles. The van der Waals surface area contributed by atoms with Crippen LogP contribution < -0.4 is 5.32 Å². The fraction of sp³-hybridized carbons (Fsp3) is 0.917. The van der Waals surface area contributed by atoms with Gasteiger partial charge in [0.25, 0.3) is 0 Å². The van der Waals surface area contributed by atoms with Crippen molar-refractivity contribution in [1.82, 2.24) is 5.32 Å². The topological polar surface area (TPSA) is 67.8 Å². The first-order chi connectivity index (χ1) is 8.18. The molecule has 0 spiro atoms. The minimum absolute atomic E-state index is 0.0752. The summed E-state index contributed by atoms with van der Waals surface area (Å²) >= 11 is 0. The molecular weight excluding hydrogens is 222 g/mol. The Labute approximate surface area is 100 Å². The molecule has 2 atom stereocenters. The van der Waals surface area contributed by atoms with Gasteiger partial charge in [0.2, 0.25) is 0 Å². The third-order valence-corrected chi connectivity index (χ3v) is 3.93. The smallest absolute Gasteiger partial charge is 0.324 e. The standard InChI is InChI=1S/C12H19NO4/c14-11(15)12(13-8-1-2-8)4-3-9(5-12)17-10-6-16-7-10/h8-10,13H,1-7H2,(H,14,15). The Morgan fingerprint density at radius 3 is 2.59 bits per heavy atom. The Hall–Kier alpha value is -0.650. The predicted octanol–water partition coefficient (Wildman–Crippen LogP) is 0.530. The summed E-state index contributed by atoms with van der Waals surface area (Å²) in [6.45, 7) is 1.32. The number of nitrogens with one attached hydrogen (secondary N) is 1. The van der Waals surface area contributed by atoms with Gasteiger partial charge in [0, 0.05) is 12.5 Å². The van der Waals surface area contributed by atoms with E-state index in [4.69, 9.17) is 9.47 Å². The molecule has 2 unspecified atom stereocenters. The number of carboxylic acids is 1. The molecule has 5 nitrogen and oxygen atoms in total. The molecule has 3 fully saturated rings. The molecule has 3 aliphatic rings. The van der Waals surface area contributed by atoms with Gasteiger partial charge in [-0.1, -0.05) is 0 Å². The molecule has 0 aromatic heterocycles. The van der Waals surface area contributed by atoms with E-state index in [2.05, 4.69) is 5.32 Å². The van der Waals surface area contributed by atoms with Gasteiger partial charge >= 0.3 is 5.97 Å². The Balaban J connectivity index is 1.59. The second kappa shape index (κ2) is 4.23. The molecule has 0 bridgehead atoms. The first-order valence-corrected chi connectivity index (χ1v) is 6.42. The van der Waals surface area contributed by atoms with Crippen molar-refractivity contribution >= 4 is 5.97 Å². The first-order valence-electron chi connectivity index (χ1n) is 6.42. The van der Waals surface area contributed by atoms with E-state index >= 15 is 0 Å². The van der Waals surface area contributed by atoms with Crippen molar-refractivity contribution in [3.8, 4) is 0 Å². The normalized spacial score (nSPS) is 38.0. The molecule has 17 heavy (non-hydrogen) atoms. The van der Waals surface area contributed by atoms with Gasteiger partial charge in [0.05, 0.1) is 19.3 Å². The van der Waals surface area contributed by atoms with E-state index in [1.54, 1.807) is 0 Å². The van der Waals surface area contributed by atoms with Gasteiger partial charge in [-0.05, 0) is 25.7 Å². The van der Waals surface area contributed by atoms with Crippen LogP contribution in [0.3, 0.4) is 0 Å². The van der Waals surface area contributed by atoms with E-state index in [-0.39, 0.29) is 12.2 Å². The lowest BCUT2D eigenvalue weighted by Crippen LogP contribution is -2.51. The first kappa shape index (κ1) is 11.4. The molecule has 1 aliphatic heterocycles. The maximum Gasteiger partial charge on any atom is 0.324 e. The molecule has 0 radical (unpaired) electrons. The van der Waals surface area contributed by atoms with Crippen molar-refractivity contribution in [2.45, 2.75) is 55.9 Å². The summed E-state index contributed by atoms with van der Waals surface area (Å²) in [6.07, 6.45) is 4.58. The van der Waals surface area contributed by atoms with Gasteiger partial charge in [-0.3, -0.25) is 10.1 Å². The number of carbonyl (C=O) groups is 1. The van der Waals surface area contributed by atoms with E-state index in [0.29, 0.717) is 32.1 Å². The molecule has 2 saturated carbocycles. The van der Waals surface area contributed by atoms with Gasteiger partial charge in [-0.2, -0.15) is 0 Å². The number of ether oxygens (including phenoxy) is 2. The van der Waals surface area contributed by atoms with Crippen LogP contribution in [-0.2, 0) is 14.3 Å². The summed E-state index contributed by atoms with van der Waals surface area (Å²) in [5.41, 5.74) is -0.740. The van der Waals surface area contributed by atoms with Gasteiger partial charge in [-0.25, -0.2) is 0 Å². The average Bonchev–Trinajstić information content (AvgIpc) is 2.92. The van der Waals surface area contributed by atoms with Crippen LogP contribution in [0.4, 0.5) is 0 Å². The Morgan fingerprint density at radius 1 is 1.29 bits per heavy atom. The van der Waals surface area contributed by atoms with Crippen LogP contribution in [0, 0.1) is 0 Å². The summed E-state index contributed by atoms with van der Waals surface area (Å²) in [7, 11) is 0. The van der Waals surface area contributed by atoms with E-state index in [1.165, 1.54) is 0 Å². The van der Waals surface area contributed by atoms with Crippen molar-refractivity contribution in [3.63, 3.8) is 0 Å². The zero-order valence-corrected chi connectivity index (χ0v) is 9.85. The van der Waals surface area contributed by atoms with Crippen LogP contribution in [0.2, 0.25) is 0 Å². The molecule has 2 aliphatic carbocycles. The second-order valence-electron chi connectivity index (χ2n) is 5.47. The second-order valence-corrected chi connectivity index (χ2v) is 5.47. The number of carboxylic acid groups (broad SMARTS) is 1. The number of aliphatic carboxylic acids is 1. The lowest BCUT2D eigenvalue weighted by molar-refractivity contribution is -0.157. The molecule has 1 saturated heterocycles. The summed E-state index contributed by atoms with van der Waals surface area (Å²) < 4.78 is 10.9. The number of hydrogen-bond donors (Lipinski definition) is 2. The van der Waals surface area contributed by atoms with Gasteiger partial charge < -0.3 is 14.6 Å². The minimum atomic E-state index is -0.740. The molecule has 3 rings (SSSR count). The van der Waals surface area contributed by atoms with Gasteiger partial charge in [-0.15, -0.1) is 0 Å². The zero-order chi connectivity index (χ0) is 11.9. The molecular formula is C12H19NO4. The molecule has 0 amide bonds. The minimum Gasteiger partial charge on any atom is -0.480 e. The molecule has 2 N–H and O–H groups in total. The predicted molar refractivity (Wildman–Crippen MR) is 59.9 cm³/mol. The summed E-state index contributed by atoms with van der Waals surface area (Å²) in [4.78, 5) is 11.5. The number of hydrogen-bond acceptors (Lipinski definition) is 4. The van der Waals surface area contributed by atoms with Crippen LogP contribution in [0.5, 0.6) is 0 Å². The van der Waals surface area contributed by atoms with Crippen molar-refractivity contribution in [1.29, 1.82) is 0 Å². The average molecular weight is 241 g/mol. The quantitative estimate of drug-likeness (QED) is 0.735. The van der Waals surface area contributed by atoms with E-state index in [9.17, 15) is 9.90 Å². The summed E-state index contributed by atoms with van der Waals surface area (Å²) in [5.74, 6) is -0.722. The summed E-state index contributed by atoms with van der Waals surface area (Å²) in [6, 6.07) is 0.414. The molecule has 5 heteroatoms. The lowest BCUT2D eigenvalue weighted by Gasteiger charge is -2.30. The highest BCUT2D eigenvalue weighted by Crippen LogP contribution is 2.36. The van der Waals surface area contributed by atoms with Crippen molar-refractivity contribution in [2.75, 3.05) is 13.2 Å². The van der Waals surface area contributed by atoms with Crippen LogP contribution in [0.15, 0.2) is 0 Å². The molecule has 0 aromatic rings. The molecule has 96 valence electrons. The largest absolute Gasteiger partial charge is 0.480 e. The lowest BCUT2D eigenvalue weighted by atomic mass is 9.97. The Morgan fingerprint density at radius 2 is 2.06 bits per heavy atom. The van der Waals surface area contributed by atoms with E-state index in [1.807, 2.05) is 0 Å². The third-order valence-electron chi connectivity index (χ3n) is 3.93. The maximum atomic E-state index is 11.5. The monoisotopic (exact) mass is 241 g/mol. The van der Waals surface area contributed by atoms with Gasteiger partial charge in [0.15, 0.2) is 0 Å². The molecule has 0 aromatic carbocycles. The fourth-order valence-corrected chi connectivity index (χ4v) is 2.69. The highest BCUT2D eigenvalue weighted by molar-refractivity contribution is 5.79. The van der Waals surface area contributed by atoms with Crippen LogP contribution >= 0.6 is 0 Å². The third kappa shape index (κ3) is 2.32. The van der Waals surface area contributed by atoms with Crippen molar-refractivity contribution in [3.05, 3.63) is 0 Å². The highest BCUT2D eigenvalue weighted by Gasteiger charge is 2.49. The Kier molecular flexibility index (Phi) is 2.84. The SMILES string of the molecule is O=C(O)C1(NC2CC2)CCC(OC2COC2)C1. The van der Waals surface area contributed by atoms with Crippen LogP contribution in [0.25, 0.3) is 0 Å². The van der Waals surface area contributed by atoms with Crippen LogP contribution in [-0.4, -0.2) is 48.1 Å². The maximum absolute atomic E-state index is 11.5. The zero-order valence-electron chi connectivity index (χ0n) is 9.85. The van der Waals surface area contributed by atoms with E-state index in [0.717, 1.165) is 19.3 Å². The fourth-order valence-electron chi connectivity index (χ4n) is 2.69.